The standard InChI is InChI=1S/C28H36ClN3O3/c29-23-9-6-22(7-10-23)17-32-18-24(31-16-21-4-2-1-3-5-21)15-25(32)28(33)30-13-12-20-8-11-26-27(14-20)35-19-34-26/h6-11,14,21,24-25,31H,1-5,12-13,15-19H2,(H,30,33)/t24-,25-/m0/s1. The summed E-state index contributed by atoms with van der Waals surface area (Å²) in [5, 5.41) is 7.72. The van der Waals surface area contributed by atoms with Gasteiger partial charge < -0.3 is 20.1 Å². The van der Waals surface area contributed by atoms with Crippen molar-refractivity contribution < 1.29 is 14.3 Å². The number of rotatable bonds is 9. The number of likely N-dealkylation sites (tertiary alicyclic amines) is 1. The molecule has 0 aromatic heterocycles. The maximum Gasteiger partial charge on any atom is 0.237 e. The number of hydrogen-bond acceptors (Lipinski definition) is 5. The molecule has 2 atom stereocenters. The van der Waals surface area contributed by atoms with E-state index in [2.05, 4.69) is 27.7 Å². The number of carbonyl (C=O) groups excluding carboxylic acids is 1. The quantitative estimate of drug-likeness (QED) is 0.532. The minimum atomic E-state index is -0.133. The van der Waals surface area contributed by atoms with Crippen molar-refractivity contribution in [1.29, 1.82) is 0 Å². The SMILES string of the molecule is O=C(NCCc1ccc2c(c1)OCO2)[C@@H]1C[C@H](NCC2CCCCC2)CN1Cc1ccc(Cl)cc1. The summed E-state index contributed by atoms with van der Waals surface area (Å²) >= 11 is 6.08. The molecule has 1 saturated heterocycles. The second kappa shape index (κ2) is 11.6. The number of benzene rings is 2. The highest BCUT2D eigenvalue weighted by Crippen LogP contribution is 2.32. The number of halogens is 1. The lowest BCUT2D eigenvalue weighted by atomic mass is 9.89. The molecule has 6 nitrogen and oxygen atoms in total. The molecule has 0 radical (unpaired) electrons. The Kier molecular flexibility index (Phi) is 8.12. The van der Waals surface area contributed by atoms with Crippen LogP contribution in [0, 0.1) is 5.92 Å². The molecule has 7 heteroatoms. The zero-order valence-electron chi connectivity index (χ0n) is 20.3. The summed E-state index contributed by atoms with van der Waals surface area (Å²) in [4.78, 5) is 15.6. The van der Waals surface area contributed by atoms with Gasteiger partial charge in [0.1, 0.15) is 0 Å². The van der Waals surface area contributed by atoms with Crippen molar-refractivity contribution >= 4 is 17.5 Å². The Labute approximate surface area is 213 Å². The van der Waals surface area contributed by atoms with Crippen LogP contribution in [0.25, 0.3) is 0 Å². The summed E-state index contributed by atoms with van der Waals surface area (Å²) in [5.74, 6) is 2.46. The smallest absolute Gasteiger partial charge is 0.237 e. The van der Waals surface area contributed by atoms with Gasteiger partial charge in [-0.3, -0.25) is 9.69 Å². The molecule has 2 heterocycles. The highest BCUT2D eigenvalue weighted by atomic mass is 35.5. The van der Waals surface area contributed by atoms with Gasteiger partial charge in [0.2, 0.25) is 12.7 Å². The lowest BCUT2D eigenvalue weighted by Gasteiger charge is -2.24. The Morgan fingerprint density at radius 3 is 2.60 bits per heavy atom. The van der Waals surface area contributed by atoms with Crippen molar-refractivity contribution in [3.8, 4) is 11.5 Å². The van der Waals surface area contributed by atoms with Crippen molar-refractivity contribution in [2.75, 3.05) is 26.4 Å². The number of carbonyl (C=O) groups is 1. The number of ether oxygens (including phenoxy) is 2. The van der Waals surface area contributed by atoms with Crippen molar-refractivity contribution in [3.05, 3.63) is 58.6 Å². The lowest BCUT2D eigenvalue weighted by Crippen LogP contribution is -2.43. The minimum absolute atomic E-state index is 0.113. The molecule has 35 heavy (non-hydrogen) atoms. The number of amides is 1. The molecule has 2 aliphatic heterocycles. The zero-order chi connectivity index (χ0) is 24.0. The monoisotopic (exact) mass is 497 g/mol. The molecule has 2 aromatic carbocycles. The third-order valence-electron chi connectivity index (χ3n) is 7.57. The van der Waals surface area contributed by atoms with Crippen molar-refractivity contribution in [2.24, 2.45) is 5.92 Å². The molecule has 1 amide bonds. The third kappa shape index (κ3) is 6.49. The van der Waals surface area contributed by atoms with Gasteiger partial charge in [-0.2, -0.15) is 0 Å². The number of nitrogens with zero attached hydrogens (tertiary/aromatic N) is 1. The van der Waals surface area contributed by atoms with E-state index in [1.165, 1.54) is 37.7 Å². The summed E-state index contributed by atoms with van der Waals surface area (Å²) in [6, 6.07) is 14.1. The van der Waals surface area contributed by atoms with Gasteiger partial charge in [0.05, 0.1) is 6.04 Å². The largest absolute Gasteiger partial charge is 0.454 e. The lowest BCUT2D eigenvalue weighted by molar-refractivity contribution is -0.125. The molecule has 2 fully saturated rings. The first kappa shape index (κ1) is 24.4. The fourth-order valence-electron chi connectivity index (χ4n) is 5.59. The predicted octanol–water partition coefficient (Wildman–Crippen LogP) is 4.54. The molecular formula is C28H36ClN3O3. The summed E-state index contributed by atoms with van der Waals surface area (Å²) in [5.41, 5.74) is 2.31. The number of nitrogens with one attached hydrogen (secondary N) is 2. The fourth-order valence-corrected chi connectivity index (χ4v) is 5.72. The second-order valence-electron chi connectivity index (χ2n) is 10.1. The fraction of sp³-hybridized carbons (Fsp3) is 0.536. The van der Waals surface area contributed by atoms with Crippen LogP contribution in [-0.2, 0) is 17.8 Å². The highest BCUT2D eigenvalue weighted by molar-refractivity contribution is 6.30. The van der Waals surface area contributed by atoms with Crippen LogP contribution in [0.3, 0.4) is 0 Å². The maximum atomic E-state index is 13.3. The molecule has 0 spiro atoms. The van der Waals surface area contributed by atoms with E-state index in [9.17, 15) is 4.79 Å². The predicted molar refractivity (Wildman–Crippen MR) is 138 cm³/mol. The zero-order valence-corrected chi connectivity index (χ0v) is 21.1. The van der Waals surface area contributed by atoms with Crippen LogP contribution >= 0.6 is 11.6 Å². The molecule has 5 rings (SSSR count). The van der Waals surface area contributed by atoms with E-state index in [1.807, 2.05) is 30.3 Å². The number of hydrogen-bond donors (Lipinski definition) is 2. The minimum Gasteiger partial charge on any atom is -0.454 e. The summed E-state index contributed by atoms with van der Waals surface area (Å²) in [6.07, 6.45) is 8.35. The molecule has 0 unspecified atom stereocenters. The topological polar surface area (TPSA) is 62.8 Å². The molecule has 0 bridgehead atoms. The molecule has 1 saturated carbocycles. The molecule has 1 aliphatic carbocycles. The molecule has 2 aromatic rings. The number of fused-ring (bicyclic) bond motifs is 1. The van der Waals surface area contributed by atoms with E-state index in [4.69, 9.17) is 21.1 Å². The van der Waals surface area contributed by atoms with Gasteiger partial charge >= 0.3 is 0 Å². The average molecular weight is 498 g/mol. The van der Waals surface area contributed by atoms with Crippen LogP contribution in [0.5, 0.6) is 11.5 Å². The van der Waals surface area contributed by atoms with Gasteiger partial charge in [-0.25, -0.2) is 0 Å². The van der Waals surface area contributed by atoms with E-state index in [0.29, 0.717) is 12.6 Å². The van der Waals surface area contributed by atoms with Crippen LogP contribution < -0.4 is 20.1 Å². The van der Waals surface area contributed by atoms with Crippen molar-refractivity contribution in [2.45, 2.75) is 63.6 Å². The molecule has 2 N–H and O–H groups in total. The Bertz CT molecular complexity index is 993. The Hall–Kier alpha value is -2.28. The van der Waals surface area contributed by atoms with Crippen LogP contribution in [0.1, 0.15) is 49.7 Å². The van der Waals surface area contributed by atoms with E-state index in [-0.39, 0.29) is 18.7 Å². The first-order chi connectivity index (χ1) is 17.1. The van der Waals surface area contributed by atoms with Crippen LogP contribution in [0.2, 0.25) is 5.02 Å². The first-order valence-electron chi connectivity index (χ1n) is 13.0. The van der Waals surface area contributed by atoms with Crippen LogP contribution in [-0.4, -0.2) is 49.3 Å². The van der Waals surface area contributed by atoms with Gasteiger partial charge in [-0.1, -0.05) is 49.1 Å². The van der Waals surface area contributed by atoms with Gasteiger partial charge in [-0.05, 0) is 73.5 Å². The van der Waals surface area contributed by atoms with Gasteiger partial charge in [0.15, 0.2) is 11.5 Å². The first-order valence-corrected chi connectivity index (χ1v) is 13.4. The highest BCUT2D eigenvalue weighted by Gasteiger charge is 2.36. The third-order valence-corrected chi connectivity index (χ3v) is 7.83. The van der Waals surface area contributed by atoms with E-state index in [1.54, 1.807) is 0 Å². The average Bonchev–Trinajstić information content (AvgIpc) is 3.51. The van der Waals surface area contributed by atoms with Crippen molar-refractivity contribution in [3.63, 3.8) is 0 Å². The molecular weight excluding hydrogens is 462 g/mol. The molecule has 188 valence electrons. The van der Waals surface area contributed by atoms with Crippen LogP contribution in [0.4, 0.5) is 0 Å². The Balaban J connectivity index is 1.17. The van der Waals surface area contributed by atoms with Crippen molar-refractivity contribution in [1.82, 2.24) is 15.5 Å². The van der Waals surface area contributed by atoms with Gasteiger partial charge in [0.25, 0.3) is 0 Å². The van der Waals surface area contributed by atoms with Crippen LogP contribution in [0.15, 0.2) is 42.5 Å². The summed E-state index contributed by atoms with van der Waals surface area (Å²) < 4.78 is 10.9. The second-order valence-corrected chi connectivity index (χ2v) is 10.6. The maximum absolute atomic E-state index is 13.3. The summed E-state index contributed by atoms with van der Waals surface area (Å²) in [6.45, 7) is 3.58. The van der Waals surface area contributed by atoms with Gasteiger partial charge in [-0.15, -0.1) is 0 Å². The summed E-state index contributed by atoms with van der Waals surface area (Å²) in [7, 11) is 0. The normalized spacial score (nSPS) is 22.4. The Morgan fingerprint density at radius 2 is 1.77 bits per heavy atom. The van der Waals surface area contributed by atoms with E-state index in [0.717, 1.165) is 60.5 Å². The van der Waals surface area contributed by atoms with E-state index < -0.39 is 0 Å². The Morgan fingerprint density at radius 1 is 1.00 bits per heavy atom. The van der Waals surface area contributed by atoms with E-state index >= 15 is 0 Å². The van der Waals surface area contributed by atoms with Gasteiger partial charge in [0, 0.05) is 30.7 Å². The molecule has 3 aliphatic rings.